The maximum Gasteiger partial charge on any atom is 0.271 e. The Labute approximate surface area is 190 Å². The van der Waals surface area contributed by atoms with Crippen LogP contribution in [0.15, 0.2) is 77.4 Å². The van der Waals surface area contributed by atoms with Gasteiger partial charge in [-0.25, -0.2) is 0 Å². The summed E-state index contributed by atoms with van der Waals surface area (Å²) in [5, 5.41) is 14.5. The Kier molecular flexibility index (Phi) is 5.95. The molecule has 0 radical (unpaired) electrons. The molecule has 0 spiro atoms. The van der Waals surface area contributed by atoms with Crippen molar-refractivity contribution in [3.8, 4) is 16.9 Å². The summed E-state index contributed by atoms with van der Waals surface area (Å²) >= 11 is 0. The third kappa shape index (κ3) is 4.62. The van der Waals surface area contributed by atoms with Crippen LogP contribution in [0.5, 0.6) is 5.75 Å². The third-order valence-electron chi connectivity index (χ3n) is 5.36. The molecule has 0 aliphatic heterocycles. The Balaban J connectivity index is 1.68. The zero-order valence-corrected chi connectivity index (χ0v) is 18.4. The number of carbonyl (C=O) groups is 1. The van der Waals surface area contributed by atoms with Crippen LogP contribution in [0, 0.1) is 17.0 Å². The topological polar surface area (TPSA) is 94.6 Å². The van der Waals surface area contributed by atoms with Crippen LogP contribution in [0.2, 0.25) is 0 Å². The van der Waals surface area contributed by atoms with Gasteiger partial charge in [0.05, 0.1) is 18.3 Å². The molecule has 166 valence electrons. The van der Waals surface area contributed by atoms with Crippen LogP contribution in [-0.2, 0) is 4.79 Å². The standard InChI is InChI=1S/C26H22N2O5/c1-16-7-9-18(10-8-16)23-15-33-25-14-24(32-3)21(13-22(23)25)17(2)11-26(29)27-19-5-4-6-20(12-19)28(30)31/h4-15H,1-3H3,(H,27,29)/b17-11+. The monoisotopic (exact) mass is 442 g/mol. The third-order valence-corrected chi connectivity index (χ3v) is 5.36. The average Bonchev–Trinajstić information content (AvgIpc) is 3.21. The molecule has 1 heterocycles. The minimum atomic E-state index is -0.507. The largest absolute Gasteiger partial charge is 0.496 e. The molecular weight excluding hydrogens is 420 g/mol. The fourth-order valence-electron chi connectivity index (χ4n) is 3.64. The van der Waals surface area contributed by atoms with Crippen LogP contribution in [-0.4, -0.2) is 17.9 Å². The highest BCUT2D eigenvalue weighted by atomic mass is 16.6. The number of hydrogen-bond donors (Lipinski definition) is 1. The summed E-state index contributed by atoms with van der Waals surface area (Å²) < 4.78 is 11.3. The lowest BCUT2D eigenvalue weighted by Crippen LogP contribution is -2.09. The maximum absolute atomic E-state index is 12.6. The molecule has 1 N–H and O–H groups in total. The Morgan fingerprint density at radius 3 is 2.58 bits per heavy atom. The lowest BCUT2D eigenvalue weighted by molar-refractivity contribution is -0.384. The number of aryl methyl sites for hydroxylation is 1. The first-order valence-electron chi connectivity index (χ1n) is 10.3. The van der Waals surface area contributed by atoms with Crippen molar-refractivity contribution in [1.29, 1.82) is 0 Å². The fraction of sp³-hybridized carbons (Fsp3) is 0.115. The number of hydrogen-bond acceptors (Lipinski definition) is 5. The quantitative estimate of drug-likeness (QED) is 0.213. The number of nitrogens with zero attached hydrogens (tertiary/aromatic N) is 1. The first-order valence-corrected chi connectivity index (χ1v) is 10.3. The molecule has 4 rings (SSSR count). The van der Waals surface area contributed by atoms with E-state index >= 15 is 0 Å². The van der Waals surface area contributed by atoms with Crippen molar-refractivity contribution in [1.82, 2.24) is 0 Å². The van der Waals surface area contributed by atoms with Crippen molar-refractivity contribution < 1.29 is 18.9 Å². The van der Waals surface area contributed by atoms with Gasteiger partial charge in [-0.1, -0.05) is 35.9 Å². The number of non-ortho nitro benzene ring substituents is 1. The van der Waals surface area contributed by atoms with E-state index in [-0.39, 0.29) is 5.69 Å². The summed E-state index contributed by atoms with van der Waals surface area (Å²) in [5.41, 5.74) is 5.49. The summed E-state index contributed by atoms with van der Waals surface area (Å²) in [5.74, 6) is 0.172. The number of rotatable bonds is 6. The first-order chi connectivity index (χ1) is 15.9. The number of fused-ring (bicyclic) bond motifs is 1. The van der Waals surface area contributed by atoms with Crippen LogP contribution in [0.1, 0.15) is 18.1 Å². The van der Waals surface area contributed by atoms with Gasteiger partial charge in [0, 0.05) is 46.5 Å². The van der Waals surface area contributed by atoms with E-state index in [9.17, 15) is 14.9 Å². The number of nitro groups is 1. The molecule has 0 aliphatic rings. The minimum Gasteiger partial charge on any atom is -0.496 e. The average molecular weight is 442 g/mol. The van der Waals surface area contributed by atoms with Gasteiger partial charge in [0.2, 0.25) is 5.91 Å². The van der Waals surface area contributed by atoms with Gasteiger partial charge in [-0.2, -0.15) is 0 Å². The molecule has 3 aromatic carbocycles. The van der Waals surface area contributed by atoms with Gasteiger partial charge in [-0.3, -0.25) is 14.9 Å². The van der Waals surface area contributed by atoms with Gasteiger partial charge >= 0.3 is 0 Å². The summed E-state index contributed by atoms with van der Waals surface area (Å²) in [7, 11) is 1.56. The highest BCUT2D eigenvalue weighted by molar-refractivity contribution is 6.05. The van der Waals surface area contributed by atoms with Crippen LogP contribution < -0.4 is 10.1 Å². The van der Waals surface area contributed by atoms with E-state index in [1.165, 1.54) is 29.8 Å². The van der Waals surface area contributed by atoms with Crippen molar-refractivity contribution in [2.24, 2.45) is 0 Å². The van der Waals surface area contributed by atoms with E-state index in [1.54, 1.807) is 25.5 Å². The van der Waals surface area contributed by atoms with Crippen LogP contribution >= 0.6 is 0 Å². The number of furan rings is 1. The zero-order valence-electron chi connectivity index (χ0n) is 18.4. The molecule has 4 aromatic rings. The molecule has 1 aromatic heterocycles. The van der Waals surface area contributed by atoms with Crippen LogP contribution in [0.25, 0.3) is 27.7 Å². The lowest BCUT2D eigenvalue weighted by atomic mass is 9.99. The second kappa shape index (κ2) is 9.00. The van der Waals surface area contributed by atoms with Gasteiger partial charge in [-0.15, -0.1) is 0 Å². The van der Waals surface area contributed by atoms with E-state index in [0.29, 0.717) is 22.6 Å². The van der Waals surface area contributed by atoms with Gasteiger partial charge in [0.25, 0.3) is 5.69 Å². The first kappa shape index (κ1) is 21.8. The number of carbonyl (C=O) groups excluding carboxylic acids is 1. The van der Waals surface area contributed by atoms with E-state index in [4.69, 9.17) is 9.15 Å². The zero-order chi connectivity index (χ0) is 23.5. The number of allylic oxidation sites excluding steroid dienone is 1. The Hall–Kier alpha value is -4.39. The summed E-state index contributed by atoms with van der Waals surface area (Å²) in [6.45, 7) is 3.84. The predicted molar refractivity (Wildman–Crippen MR) is 128 cm³/mol. The van der Waals surface area contributed by atoms with Gasteiger partial charge in [0.1, 0.15) is 11.3 Å². The Morgan fingerprint density at radius 2 is 1.88 bits per heavy atom. The second-order valence-corrected chi connectivity index (χ2v) is 7.69. The molecular formula is C26H22N2O5. The Bertz CT molecular complexity index is 1380. The molecule has 0 saturated carbocycles. The van der Waals surface area contributed by atoms with E-state index in [1.807, 2.05) is 44.2 Å². The minimum absolute atomic E-state index is 0.0933. The molecule has 7 nitrogen and oxygen atoms in total. The number of benzene rings is 3. The number of nitro benzene ring substituents is 1. The molecule has 7 heteroatoms. The molecule has 0 fully saturated rings. The molecule has 0 saturated heterocycles. The van der Waals surface area contributed by atoms with Crippen molar-refractivity contribution in [2.75, 3.05) is 12.4 Å². The molecule has 0 bridgehead atoms. The number of nitrogens with one attached hydrogen (secondary N) is 1. The maximum atomic E-state index is 12.6. The number of anilines is 1. The number of amides is 1. The van der Waals surface area contributed by atoms with E-state index < -0.39 is 10.8 Å². The predicted octanol–water partition coefficient (Wildman–Crippen LogP) is 6.37. The number of methoxy groups -OCH3 is 1. The Morgan fingerprint density at radius 1 is 1.12 bits per heavy atom. The second-order valence-electron chi connectivity index (χ2n) is 7.69. The molecule has 0 atom stereocenters. The van der Waals surface area contributed by atoms with Crippen molar-refractivity contribution in [3.05, 3.63) is 94.2 Å². The number of ether oxygens (including phenoxy) is 1. The highest BCUT2D eigenvalue weighted by Gasteiger charge is 2.15. The fourth-order valence-corrected chi connectivity index (χ4v) is 3.64. The van der Waals surface area contributed by atoms with Crippen LogP contribution in [0.3, 0.4) is 0 Å². The lowest BCUT2D eigenvalue weighted by Gasteiger charge is -2.10. The highest BCUT2D eigenvalue weighted by Crippen LogP contribution is 2.37. The summed E-state index contributed by atoms with van der Waals surface area (Å²) in [6.07, 6.45) is 3.15. The summed E-state index contributed by atoms with van der Waals surface area (Å²) in [4.78, 5) is 23.1. The molecule has 0 unspecified atom stereocenters. The van der Waals surface area contributed by atoms with Crippen LogP contribution in [0.4, 0.5) is 11.4 Å². The van der Waals surface area contributed by atoms with Crippen molar-refractivity contribution in [2.45, 2.75) is 13.8 Å². The summed E-state index contributed by atoms with van der Waals surface area (Å²) in [6, 6.07) is 17.7. The van der Waals surface area contributed by atoms with Crippen molar-refractivity contribution in [3.63, 3.8) is 0 Å². The smallest absolute Gasteiger partial charge is 0.271 e. The molecule has 0 aliphatic carbocycles. The van der Waals surface area contributed by atoms with Gasteiger partial charge in [-0.05, 0) is 37.1 Å². The van der Waals surface area contributed by atoms with E-state index in [2.05, 4.69) is 5.32 Å². The molecule has 33 heavy (non-hydrogen) atoms. The molecule has 1 amide bonds. The SMILES string of the molecule is COc1cc2occ(-c3ccc(C)cc3)c2cc1/C(C)=C/C(=O)Nc1cccc([N+](=O)[O-])c1. The van der Waals surface area contributed by atoms with E-state index in [0.717, 1.165) is 22.1 Å². The normalized spacial score (nSPS) is 11.4. The van der Waals surface area contributed by atoms with Gasteiger partial charge in [0.15, 0.2) is 0 Å². The van der Waals surface area contributed by atoms with Crippen molar-refractivity contribution >= 4 is 33.8 Å². The van der Waals surface area contributed by atoms with Gasteiger partial charge < -0.3 is 14.5 Å².